The van der Waals surface area contributed by atoms with Crippen LogP contribution in [0.5, 0.6) is 0 Å². The van der Waals surface area contributed by atoms with Gasteiger partial charge in [-0.2, -0.15) is 0 Å². The summed E-state index contributed by atoms with van der Waals surface area (Å²) in [7, 11) is 0. The summed E-state index contributed by atoms with van der Waals surface area (Å²) in [4.78, 5) is 12.2. The van der Waals surface area contributed by atoms with Crippen LogP contribution in [0.3, 0.4) is 0 Å². The first-order valence-electron chi connectivity index (χ1n) is 8.81. The molecule has 2 N–H and O–H groups in total. The first kappa shape index (κ1) is 15.5. The molecule has 0 radical (unpaired) electrons. The van der Waals surface area contributed by atoms with E-state index in [1.165, 1.54) is 37.7 Å². The van der Waals surface area contributed by atoms with Crippen LogP contribution in [0, 0.1) is 5.92 Å². The molecular formula is C19H28N2O. The SMILES string of the molecule is O=C(CCC1CCNC1)NCC1(c2ccccc2)CCCC1. The Kier molecular flexibility index (Phi) is 5.14. The predicted octanol–water partition coefficient (Wildman–Crippen LogP) is 3.00. The standard InChI is InChI=1S/C19H28N2O/c22-18(9-8-16-10-13-20-14-16)21-15-19(11-4-5-12-19)17-6-2-1-3-7-17/h1-3,6-7,16,20H,4-5,8-15H2,(H,21,22). The molecule has 3 nitrogen and oxygen atoms in total. The zero-order valence-electron chi connectivity index (χ0n) is 13.4. The molecule has 1 saturated heterocycles. The van der Waals surface area contributed by atoms with Crippen LogP contribution in [0.4, 0.5) is 0 Å². The molecular weight excluding hydrogens is 272 g/mol. The van der Waals surface area contributed by atoms with Crippen molar-refractivity contribution in [2.24, 2.45) is 5.92 Å². The van der Waals surface area contributed by atoms with Crippen LogP contribution in [0.15, 0.2) is 30.3 Å². The van der Waals surface area contributed by atoms with E-state index in [2.05, 4.69) is 41.0 Å². The summed E-state index contributed by atoms with van der Waals surface area (Å²) < 4.78 is 0. The highest BCUT2D eigenvalue weighted by Gasteiger charge is 2.35. The Balaban J connectivity index is 1.52. The van der Waals surface area contributed by atoms with Gasteiger partial charge in [0.15, 0.2) is 0 Å². The molecule has 1 aromatic rings. The summed E-state index contributed by atoms with van der Waals surface area (Å²) >= 11 is 0. The van der Waals surface area contributed by atoms with Gasteiger partial charge in [-0.05, 0) is 50.3 Å². The summed E-state index contributed by atoms with van der Waals surface area (Å²) in [5.41, 5.74) is 1.57. The lowest BCUT2D eigenvalue weighted by Crippen LogP contribution is -2.39. The van der Waals surface area contributed by atoms with Crippen molar-refractivity contribution < 1.29 is 4.79 Å². The second kappa shape index (κ2) is 7.28. The van der Waals surface area contributed by atoms with E-state index in [0.717, 1.165) is 26.1 Å². The predicted molar refractivity (Wildman–Crippen MR) is 89.8 cm³/mol. The summed E-state index contributed by atoms with van der Waals surface area (Å²) in [5.74, 6) is 0.925. The maximum Gasteiger partial charge on any atom is 0.220 e. The average Bonchev–Trinajstić information content (AvgIpc) is 3.24. The molecule has 0 spiro atoms. The Morgan fingerprint density at radius 3 is 2.68 bits per heavy atom. The van der Waals surface area contributed by atoms with Crippen LogP contribution >= 0.6 is 0 Å². The lowest BCUT2D eigenvalue weighted by molar-refractivity contribution is -0.121. The third-order valence-corrected chi connectivity index (χ3v) is 5.51. The fraction of sp³-hybridized carbons (Fsp3) is 0.632. The number of nitrogens with one attached hydrogen (secondary N) is 2. The van der Waals surface area contributed by atoms with Gasteiger partial charge in [-0.25, -0.2) is 0 Å². The van der Waals surface area contributed by atoms with Crippen molar-refractivity contribution in [2.45, 2.75) is 50.4 Å². The van der Waals surface area contributed by atoms with Gasteiger partial charge in [-0.3, -0.25) is 4.79 Å². The largest absolute Gasteiger partial charge is 0.355 e. The zero-order valence-corrected chi connectivity index (χ0v) is 13.4. The number of hydrogen-bond acceptors (Lipinski definition) is 2. The van der Waals surface area contributed by atoms with Gasteiger partial charge in [0.2, 0.25) is 5.91 Å². The maximum atomic E-state index is 12.2. The van der Waals surface area contributed by atoms with Crippen LogP contribution in [0.1, 0.15) is 50.5 Å². The van der Waals surface area contributed by atoms with Gasteiger partial charge < -0.3 is 10.6 Å². The lowest BCUT2D eigenvalue weighted by Gasteiger charge is -2.30. The topological polar surface area (TPSA) is 41.1 Å². The number of carbonyl (C=O) groups is 1. The van der Waals surface area contributed by atoms with Crippen molar-refractivity contribution in [3.8, 4) is 0 Å². The van der Waals surface area contributed by atoms with Crippen LogP contribution < -0.4 is 10.6 Å². The highest BCUT2D eigenvalue weighted by Crippen LogP contribution is 2.40. The molecule has 2 fully saturated rings. The summed E-state index contributed by atoms with van der Waals surface area (Å²) in [6, 6.07) is 10.7. The molecule has 0 aromatic heterocycles. The minimum atomic E-state index is 0.172. The van der Waals surface area contributed by atoms with Gasteiger partial charge >= 0.3 is 0 Å². The molecule has 22 heavy (non-hydrogen) atoms. The number of amides is 1. The third kappa shape index (κ3) is 3.70. The number of rotatable bonds is 6. The minimum absolute atomic E-state index is 0.172. The van der Waals surface area contributed by atoms with E-state index in [0.29, 0.717) is 12.3 Å². The number of benzene rings is 1. The number of hydrogen-bond donors (Lipinski definition) is 2. The Morgan fingerprint density at radius 1 is 1.23 bits per heavy atom. The van der Waals surface area contributed by atoms with E-state index in [4.69, 9.17) is 0 Å². The smallest absolute Gasteiger partial charge is 0.220 e. The van der Waals surface area contributed by atoms with E-state index in [1.54, 1.807) is 0 Å². The molecule has 3 rings (SSSR count). The van der Waals surface area contributed by atoms with Gasteiger partial charge in [-0.1, -0.05) is 43.2 Å². The molecule has 1 atom stereocenters. The van der Waals surface area contributed by atoms with Crippen molar-refractivity contribution in [2.75, 3.05) is 19.6 Å². The fourth-order valence-electron chi connectivity index (χ4n) is 4.06. The van der Waals surface area contributed by atoms with Gasteiger partial charge in [0.05, 0.1) is 0 Å². The van der Waals surface area contributed by atoms with Crippen LogP contribution in [0.2, 0.25) is 0 Å². The number of carbonyl (C=O) groups excluding carboxylic acids is 1. The van der Waals surface area contributed by atoms with Gasteiger partial charge in [0, 0.05) is 18.4 Å². The van der Waals surface area contributed by atoms with E-state index in [1.807, 2.05) is 0 Å². The molecule has 1 heterocycles. The van der Waals surface area contributed by atoms with Crippen molar-refractivity contribution in [1.29, 1.82) is 0 Å². The second-order valence-corrected chi connectivity index (χ2v) is 7.03. The first-order chi connectivity index (χ1) is 10.8. The molecule has 1 amide bonds. The average molecular weight is 300 g/mol. The Bertz CT molecular complexity index is 473. The Labute approximate surface area is 133 Å². The summed E-state index contributed by atoms with van der Waals surface area (Å²) in [6.07, 6.45) is 7.88. The normalized spacial score (nSPS) is 23.5. The van der Waals surface area contributed by atoms with Crippen molar-refractivity contribution in [1.82, 2.24) is 10.6 Å². The lowest BCUT2D eigenvalue weighted by atomic mass is 9.79. The molecule has 3 heteroatoms. The van der Waals surface area contributed by atoms with Crippen molar-refractivity contribution in [3.63, 3.8) is 0 Å². The second-order valence-electron chi connectivity index (χ2n) is 7.03. The summed E-state index contributed by atoms with van der Waals surface area (Å²) in [6.45, 7) is 3.00. The van der Waals surface area contributed by atoms with Gasteiger partial charge in [0.1, 0.15) is 0 Å². The highest BCUT2D eigenvalue weighted by molar-refractivity contribution is 5.76. The molecule has 1 aromatic carbocycles. The van der Waals surface area contributed by atoms with Gasteiger partial charge in [-0.15, -0.1) is 0 Å². The van der Waals surface area contributed by atoms with Gasteiger partial charge in [0.25, 0.3) is 0 Å². The zero-order chi connectivity index (χ0) is 15.3. The Morgan fingerprint density at radius 2 is 2.00 bits per heavy atom. The fourth-order valence-corrected chi connectivity index (χ4v) is 4.06. The molecule has 2 aliphatic rings. The van der Waals surface area contributed by atoms with Crippen LogP contribution in [0.25, 0.3) is 0 Å². The van der Waals surface area contributed by atoms with Crippen LogP contribution in [-0.2, 0) is 10.2 Å². The van der Waals surface area contributed by atoms with E-state index >= 15 is 0 Å². The molecule has 120 valence electrons. The molecule has 1 saturated carbocycles. The summed E-state index contributed by atoms with van der Waals surface area (Å²) in [5, 5.41) is 6.60. The van der Waals surface area contributed by atoms with Crippen LogP contribution in [-0.4, -0.2) is 25.5 Å². The monoisotopic (exact) mass is 300 g/mol. The van der Waals surface area contributed by atoms with Crippen molar-refractivity contribution >= 4 is 5.91 Å². The maximum absolute atomic E-state index is 12.2. The van der Waals surface area contributed by atoms with E-state index in [-0.39, 0.29) is 11.3 Å². The molecule has 0 bridgehead atoms. The molecule has 1 aliphatic heterocycles. The third-order valence-electron chi connectivity index (χ3n) is 5.51. The quantitative estimate of drug-likeness (QED) is 0.848. The highest BCUT2D eigenvalue weighted by atomic mass is 16.1. The Hall–Kier alpha value is -1.35. The van der Waals surface area contributed by atoms with E-state index < -0.39 is 0 Å². The first-order valence-corrected chi connectivity index (χ1v) is 8.81. The van der Waals surface area contributed by atoms with E-state index in [9.17, 15) is 4.79 Å². The molecule has 1 aliphatic carbocycles. The van der Waals surface area contributed by atoms with Crippen molar-refractivity contribution in [3.05, 3.63) is 35.9 Å². The molecule has 1 unspecified atom stereocenters. The minimum Gasteiger partial charge on any atom is -0.355 e.